The Hall–Kier alpha value is -3.72. The van der Waals surface area contributed by atoms with E-state index in [1.807, 2.05) is 24.3 Å². The molecule has 0 saturated heterocycles. The van der Waals surface area contributed by atoms with Gasteiger partial charge in [0.1, 0.15) is 12.0 Å². The quantitative estimate of drug-likeness (QED) is 0.405. The van der Waals surface area contributed by atoms with Crippen molar-refractivity contribution >= 4 is 55.7 Å². The van der Waals surface area contributed by atoms with Crippen LogP contribution < -0.4 is 16.4 Å². The van der Waals surface area contributed by atoms with Crippen molar-refractivity contribution in [2.75, 3.05) is 23.0 Å². The number of nitrogens with one attached hydrogen (secondary N) is 2. The minimum Gasteiger partial charge on any atom is -0.462 e. The van der Waals surface area contributed by atoms with Gasteiger partial charge in [0.25, 0.3) is 0 Å². The van der Waals surface area contributed by atoms with Crippen LogP contribution in [0.3, 0.4) is 0 Å². The number of fused-ring (bicyclic) bond motifs is 1. The average Bonchev–Trinajstić information content (AvgIpc) is 3.14. The van der Waals surface area contributed by atoms with E-state index in [1.54, 1.807) is 31.2 Å². The molecule has 0 fully saturated rings. The topological polar surface area (TPSA) is 115 Å². The molecule has 2 aromatic heterocycles. The van der Waals surface area contributed by atoms with Crippen LogP contribution in [0.25, 0.3) is 10.2 Å². The van der Waals surface area contributed by atoms with Gasteiger partial charge in [-0.25, -0.2) is 19.7 Å². The summed E-state index contributed by atoms with van der Waals surface area (Å²) in [6.45, 7) is 2.10. The molecule has 9 heteroatoms. The number of anilines is 5. The molecule has 0 unspecified atom stereocenters. The Balaban J connectivity index is 1.52. The van der Waals surface area contributed by atoms with E-state index in [0.717, 1.165) is 15.9 Å². The second kappa shape index (κ2) is 8.11. The number of aromatic nitrogens is 3. The molecule has 4 N–H and O–H groups in total. The normalized spacial score (nSPS) is 10.7. The van der Waals surface area contributed by atoms with Gasteiger partial charge in [-0.15, -0.1) is 0 Å². The molecule has 0 bridgehead atoms. The van der Waals surface area contributed by atoms with Crippen LogP contribution >= 0.6 is 11.3 Å². The zero-order chi connectivity index (χ0) is 20.2. The third-order valence-electron chi connectivity index (χ3n) is 4.06. The zero-order valence-corrected chi connectivity index (χ0v) is 16.4. The largest absolute Gasteiger partial charge is 0.462 e. The average molecular weight is 406 g/mol. The molecule has 4 aromatic rings. The summed E-state index contributed by atoms with van der Waals surface area (Å²) in [5.41, 5.74) is 8.72. The van der Waals surface area contributed by atoms with Crippen molar-refractivity contribution in [3.8, 4) is 0 Å². The molecule has 0 saturated carbocycles. The monoisotopic (exact) mass is 406 g/mol. The standard InChI is InChI=1S/C20H18N6O2S/c1-2-28-19(27)12-7-9-13(10-8-12)24-17-16(21)18(23-11-22-17)26-20-25-14-5-3-4-6-15(14)29-20/h3-11H,2,21H2,1H3,(H2,22,23,24,25,26). The number of benzene rings is 2. The molecular weight excluding hydrogens is 388 g/mol. The number of carbonyl (C=O) groups excluding carboxylic acids is 1. The number of esters is 1. The van der Waals surface area contributed by atoms with E-state index in [-0.39, 0.29) is 5.97 Å². The van der Waals surface area contributed by atoms with E-state index in [9.17, 15) is 4.79 Å². The third-order valence-corrected chi connectivity index (χ3v) is 5.01. The van der Waals surface area contributed by atoms with Crippen molar-refractivity contribution in [3.05, 3.63) is 60.4 Å². The van der Waals surface area contributed by atoms with Crippen LogP contribution in [0, 0.1) is 0 Å². The fourth-order valence-corrected chi connectivity index (χ4v) is 3.53. The maximum Gasteiger partial charge on any atom is 0.338 e. The molecule has 4 rings (SSSR count). The molecule has 0 aliphatic carbocycles. The summed E-state index contributed by atoms with van der Waals surface area (Å²) in [4.78, 5) is 24.7. The Kier molecular flexibility index (Phi) is 5.21. The van der Waals surface area contributed by atoms with E-state index < -0.39 is 0 Å². The Bertz CT molecular complexity index is 1130. The highest BCUT2D eigenvalue weighted by atomic mass is 32.1. The van der Waals surface area contributed by atoms with Crippen molar-refractivity contribution in [2.45, 2.75) is 6.92 Å². The molecule has 0 spiro atoms. The van der Waals surface area contributed by atoms with Gasteiger partial charge in [0.2, 0.25) is 0 Å². The minimum atomic E-state index is -0.358. The lowest BCUT2D eigenvalue weighted by molar-refractivity contribution is 0.0526. The highest BCUT2D eigenvalue weighted by Gasteiger charge is 2.12. The van der Waals surface area contributed by atoms with E-state index in [1.165, 1.54) is 17.7 Å². The number of nitrogen functional groups attached to an aromatic ring is 1. The van der Waals surface area contributed by atoms with Crippen LogP contribution in [-0.4, -0.2) is 27.5 Å². The van der Waals surface area contributed by atoms with Gasteiger partial charge in [0, 0.05) is 5.69 Å². The number of hydrogen-bond acceptors (Lipinski definition) is 9. The number of carbonyl (C=O) groups is 1. The summed E-state index contributed by atoms with van der Waals surface area (Å²) in [6.07, 6.45) is 1.42. The lowest BCUT2D eigenvalue weighted by Crippen LogP contribution is -2.06. The summed E-state index contributed by atoms with van der Waals surface area (Å²) >= 11 is 1.52. The number of ether oxygens (including phenoxy) is 1. The zero-order valence-electron chi connectivity index (χ0n) is 15.5. The lowest BCUT2D eigenvalue weighted by Gasteiger charge is -2.11. The van der Waals surface area contributed by atoms with Gasteiger partial charge in [-0.3, -0.25) is 0 Å². The number of nitrogens with zero attached hydrogens (tertiary/aromatic N) is 3. The van der Waals surface area contributed by atoms with Gasteiger partial charge in [-0.05, 0) is 43.3 Å². The van der Waals surface area contributed by atoms with E-state index >= 15 is 0 Å². The predicted octanol–water partition coefficient (Wildman–Crippen LogP) is 4.33. The fourth-order valence-electron chi connectivity index (χ4n) is 2.66. The molecule has 0 atom stereocenters. The maximum absolute atomic E-state index is 11.8. The molecule has 29 heavy (non-hydrogen) atoms. The van der Waals surface area contributed by atoms with Gasteiger partial charge < -0.3 is 21.1 Å². The van der Waals surface area contributed by atoms with Gasteiger partial charge in [0.15, 0.2) is 16.8 Å². The molecule has 2 heterocycles. The Morgan fingerprint density at radius 2 is 1.79 bits per heavy atom. The van der Waals surface area contributed by atoms with Gasteiger partial charge >= 0.3 is 5.97 Å². The van der Waals surface area contributed by atoms with Crippen molar-refractivity contribution in [1.29, 1.82) is 0 Å². The van der Waals surface area contributed by atoms with E-state index in [0.29, 0.717) is 34.6 Å². The number of rotatable bonds is 6. The molecule has 2 aromatic carbocycles. The molecular formula is C20H18N6O2S. The highest BCUT2D eigenvalue weighted by molar-refractivity contribution is 7.22. The van der Waals surface area contributed by atoms with Crippen molar-refractivity contribution in [3.63, 3.8) is 0 Å². The summed E-state index contributed by atoms with van der Waals surface area (Å²) in [5, 5.41) is 6.99. The fraction of sp³-hybridized carbons (Fsp3) is 0.100. The molecule has 0 radical (unpaired) electrons. The Morgan fingerprint density at radius 1 is 1.07 bits per heavy atom. The van der Waals surface area contributed by atoms with Crippen molar-refractivity contribution in [2.24, 2.45) is 0 Å². The first kappa shape index (κ1) is 18.6. The molecule has 8 nitrogen and oxygen atoms in total. The van der Waals surface area contributed by atoms with Crippen LogP contribution in [0.1, 0.15) is 17.3 Å². The van der Waals surface area contributed by atoms with Crippen LogP contribution in [0.5, 0.6) is 0 Å². The molecule has 146 valence electrons. The van der Waals surface area contributed by atoms with Crippen molar-refractivity contribution < 1.29 is 9.53 Å². The van der Waals surface area contributed by atoms with Gasteiger partial charge in [-0.1, -0.05) is 23.5 Å². The predicted molar refractivity (Wildman–Crippen MR) is 115 cm³/mol. The van der Waals surface area contributed by atoms with Gasteiger partial charge in [-0.2, -0.15) is 0 Å². The van der Waals surface area contributed by atoms with E-state index in [2.05, 4.69) is 25.6 Å². The Morgan fingerprint density at radius 3 is 2.52 bits per heavy atom. The first-order valence-corrected chi connectivity index (χ1v) is 9.73. The summed E-state index contributed by atoms with van der Waals surface area (Å²) in [5.74, 6) is 0.556. The van der Waals surface area contributed by atoms with Crippen molar-refractivity contribution in [1.82, 2.24) is 15.0 Å². The van der Waals surface area contributed by atoms with Crippen LogP contribution in [0.4, 0.5) is 28.1 Å². The summed E-state index contributed by atoms with van der Waals surface area (Å²) < 4.78 is 6.06. The molecule has 0 amide bonds. The number of nitrogens with two attached hydrogens (primary N) is 1. The summed E-state index contributed by atoms with van der Waals surface area (Å²) in [6, 6.07) is 14.7. The molecule has 0 aliphatic rings. The number of hydrogen-bond donors (Lipinski definition) is 3. The highest BCUT2D eigenvalue weighted by Crippen LogP contribution is 2.31. The number of para-hydroxylation sites is 1. The lowest BCUT2D eigenvalue weighted by atomic mass is 10.2. The maximum atomic E-state index is 11.8. The van der Waals surface area contributed by atoms with Crippen LogP contribution in [0.2, 0.25) is 0 Å². The second-order valence-electron chi connectivity index (χ2n) is 6.02. The smallest absolute Gasteiger partial charge is 0.338 e. The van der Waals surface area contributed by atoms with Crippen LogP contribution in [0.15, 0.2) is 54.9 Å². The molecule has 0 aliphatic heterocycles. The number of thiazole rings is 1. The first-order valence-electron chi connectivity index (χ1n) is 8.91. The third kappa shape index (κ3) is 4.09. The second-order valence-corrected chi connectivity index (χ2v) is 7.05. The SMILES string of the molecule is CCOC(=O)c1ccc(Nc2ncnc(Nc3nc4ccccc4s3)c2N)cc1. The summed E-state index contributed by atoms with van der Waals surface area (Å²) in [7, 11) is 0. The van der Waals surface area contributed by atoms with Crippen LogP contribution in [-0.2, 0) is 4.74 Å². The Labute approximate surface area is 170 Å². The van der Waals surface area contributed by atoms with Gasteiger partial charge in [0.05, 0.1) is 22.4 Å². The van der Waals surface area contributed by atoms with E-state index in [4.69, 9.17) is 10.5 Å². The minimum absolute atomic E-state index is 0.334. The first-order chi connectivity index (χ1) is 14.1.